The van der Waals surface area contributed by atoms with Gasteiger partial charge in [-0.25, -0.2) is 4.79 Å². The molecule has 4 rings (SSSR count). The quantitative estimate of drug-likeness (QED) is 0.647. The molecule has 0 atom stereocenters. The first-order valence-corrected chi connectivity index (χ1v) is 9.12. The Morgan fingerprint density at radius 1 is 1.19 bits per heavy atom. The fourth-order valence-corrected chi connectivity index (χ4v) is 3.40. The molecule has 6 nitrogen and oxygen atoms in total. The van der Waals surface area contributed by atoms with Gasteiger partial charge >= 0.3 is 5.76 Å². The second kappa shape index (κ2) is 7.50. The number of nitrogens with zero attached hydrogens (tertiary/aromatic N) is 3. The van der Waals surface area contributed by atoms with Gasteiger partial charge in [-0.3, -0.25) is 14.3 Å². The molecular weight excluding hydrogens is 342 g/mol. The van der Waals surface area contributed by atoms with Crippen LogP contribution in [0, 0.1) is 6.07 Å². The number of piperazine rings is 1. The van der Waals surface area contributed by atoms with Crippen LogP contribution in [0.3, 0.4) is 0 Å². The molecule has 0 bridgehead atoms. The number of carbonyl (C=O) groups excluding carboxylic acids is 1. The molecule has 0 spiro atoms. The Morgan fingerprint density at radius 2 is 2.00 bits per heavy atom. The lowest BCUT2D eigenvalue weighted by Crippen LogP contribution is -2.46. The number of carbonyl (C=O) groups is 1. The average molecular weight is 364 g/mol. The van der Waals surface area contributed by atoms with E-state index in [9.17, 15) is 9.59 Å². The van der Waals surface area contributed by atoms with Crippen molar-refractivity contribution in [2.24, 2.45) is 0 Å². The maximum Gasteiger partial charge on any atom is 0.420 e. The molecule has 1 aliphatic rings. The summed E-state index contributed by atoms with van der Waals surface area (Å²) in [6.07, 6.45) is 0. The van der Waals surface area contributed by atoms with Gasteiger partial charge in [-0.1, -0.05) is 18.2 Å². The lowest BCUT2D eigenvalue weighted by molar-refractivity contribution is 0.0876. The molecule has 1 saturated heterocycles. The van der Waals surface area contributed by atoms with Gasteiger partial charge < -0.3 is 9.32 Å². The Hall–Kier alpha value is -2.70. The standard InChI is InChI=1S/C21H22N3O3/c1-22-9-11-23(12-10-22)15-19(25)17-7-8-18-20(13-17)27-21(26)24(18)14-16-5-3-2-4-6-16/h2-3,5-8,13H,9-12,14-15H2,1H3. The smallest absolute Gasteiger partial charge is 0.408 e. The molecule has 0 saturated carbocycles. The number of fused-ring (bicyclic) bond motifs is 1. The first-order valence-electron chi connectivity index (χ1n) is 9.12. The molecule has 6 heteroatoms. The van der Waals surface area contributed by atoms with Crippen LogP contribution in [-0.4, -0.2) is 59.9 Å². The molecule has 1 fully saturated rings. The third kappa shape index (κ3) is 3.86. The largest absolute Gasteiger partial charge is 0.420 e. The van der Waals surface area contributed by atoms with Crippen molar-refractivity contribution in [3.8, 4) is 0 Å². The van der Waals surface area contributed by atoms with Crippen molar-refractivity contribution in [1.82, 2.24) is 14.4 Å². The lowest BCUT2D eigenvalue weighted by Gasteiger charge is -2.31. The van der Waals surface area contributed by atoms with Crippen molar-refractivity contribution < 1.29 is 9.21 Å². The Kier molecular flexibility index (Phi) is 4.92. The SMILES string of the molecule is CN1CCN(CC(=O)c2ccc3c(c2)oc(=O)n3Cc2c[c]ccc2)CC1. The molecule has 139 valence electrons. The van der Waals surface area contributed by atoms with Gasteiger partial charge in [-0.2, -0.15) is 0 Å². The second-order valence-corrected chi connectivity index (χ2v) is 7.05. The zero-order valence-electron chi connectivity index (χ0n) is 15.4. The molecular formula is C21H22N3O3. The van der Waals surface area contributed by atoms with Crippen molar-refractivity contribution in [3.63, 3.8) is 0 Å². The maximum absolute atomic E-state index is 12.6. The first-order chi connectivity index (χ1) is 13.1. The topological polar surface area (TPSA) is 58.7 Å². The van der Waals surface area contributed by atoms with Crippen LogP contribution in [0.25, 0.3) is 11.1 Å². The minimum Gasteiger partial charge on any atom is -0.408 e. The summed E-state index contributed by atoms with van der Waals surface area (Å²) in [6.45, 7) is 4.54. The van der Waals surface area contributed by atoms with Crippen molar-refractivity contribution >= 4 is 16.9 Å². The molecule has 1 aliphatic heterocycles. The van der Waals surface area contributed by atoms with Crippen LogP contribution in [-0.2, 0) is 6.54 Å². The summed E-state index contributed by atoms with van der Waals surface area (Å²) in [5, 5.41) is 0. The van der Waals surface area contributed by atoms with Crippen LogP contribution < -0.4 is 5.76 Å². The van der Waals surface area contributed by atoms with E-state index >= 15 is 0 Å². The highest BCUT2D eigenvalue weighted by Crippen LogP contribution is 2.17. The van der Waals surface area contributed by atoms with Crippen LogP contribution in [0.2, 0.25) is 0 Å². The summed E-state index contributed by atoms with van der Waals surface area (Å²) in [6, 6.07) is 15.8. The van der Waals surface area contributed by atoms with Crippen molar-refractivity contribution in [3.05, 3.63) is 70.2 Å². The van der Waals surface area contributed by atoms with E-state index in [4.69, 9.17) is 4.42 Å². The number of Topliss-reactive ketones (excluding diaryl/α,β-unsaturated/α-hetero) is 1. The molecule has 0 aliphatic carbocycles. The van der Waals surface area contributed by atoms with Gasteiger partial charge in [0.15, 0.2) is 11.4 Å². The first kappa shape index (κ1) is 17.7. The van der Waals surface area contributed by atoms with E-state index in [1.165, 1.54) is 0 Å². The summed E-state index contributed by atoms with van der Waals surface area (Å²) >= 11 is 0. The van der Waals surface area contributed by atoms with Crippen LogP contribution in [0.5, 0.6) is 0 Å². The number of benzene rings is 2. The van der Waals surface area contributed by atoms with Gasteiger partial charge in [0, 0.05) is 31.7 Å². The Morgan fingerprint density at radius 3 is 2.74 bits per heavy atom. The van der Waals surface area contributed by atoms with Crippen molar-refractivity contribution in [1.29, 1.82) is 0 Å². The number of ketones is 1. The molecule has 27 heavy (non-hydrogen) atoms. The molecule has 1 aromatic heterocycles. The summed E-state index contributed by atoms with van der Waals surface area (Å²) in [4.78, 5) is 29.3. The molecule has 2 aromatic carbocycles. The minimum absolute atomic E-state index is 0.0505. The molecule has 2 heterocycles. The lowest BCUT2D eigenvalue weighted by atomic mass is 10.1. The number of oxazole rings is 1. The second-order valence-electron chi connectivity index (χ2n) is 7.05. The number of likely N-dealkylation sites (N-methyl/N-ethyl adjacent to an activating group) is 1. The highest BCUT2D eigenvalue weighted by atomic mass is 16.4. The van der Waals surface area contributed by atoms with Gasteiger partial charge in [0.1, 0.15) is 0 Å². The van der Waals surface area contributed by atoms with E-state index in [1.54, 1.807) is 22.8 Å². The molecule has 0 N–H and O–H groups in total. The molecule has 0 amide bonds. The van der Waals surface area contributed by atoms with Gasteiger partial charge in [0.05, 0.1) is 18.6 Å². The highest BCUT2D eigenvalue weighted by molar-refractivity contribution is 6.00. The molecule has 3 aromatic rings. The van der Waals surface area contributed by atoms with Crippen LogP contribution in [0.1, 0.15) is 15.9 Å². The third-order valence-electron chi connectivity index (χ3n) is 5.07. The summed E-state index contributed by atoms with van der Waals surface area (Å²) in [5.41, 5.74) is 2.69. The van der Waals surface area contributed by atoms with E-state index in [0.29, 0.717) is 29.8 Å². The van der Waals surface area contributed by atoms with Gasteiger partial charge in [0.25, 0.3) is 0 Å². The average Bonchev–Trinajstić information content (AvgIpc) is 2.99. The van der Waals surface area contributed by atoms with E-state index in [1.807, 2.05) is 24.3 Å². The van der Waals surface area contributed by atoms with Gasteiger partial charge in [0.2, 0.25) is 0 Å². The highest BCUT2D eigenvalue weighted by Gasteiger charge is 2.19. The molecule has 0 unspecified atom stereocenters. The van der Waals surface area contributed by atoms with Crippen molar-refractivity contribution in [2.45, 2.75) is 6.54 Å². The number of hydrogen-bond donors (Lipinski definition) is 0. The zero-order chi connectivity index (χ0) is 18.8. The van der Waals surface area contributed by atoms with E-state index in [-0.39, 0.29) is 5.78 Å². The monoisotopic (exact) mass is 364 g/mol. The van der Waals surface area contributed by atoms with E-state index < -0.39 is 5.76 Å². The fourth-order valence-electron chi connectivity index (χ4n) is 3.40. The maximum atomic E-state index is 12.6. The Bertz CT molecular complexity index is 998. The normalized spacial score (nSPS) is 16.0. The van der Waals surface area contributed by atoms with Crippen LogP contribution in [0.4, 0.5) is 0 Å². The van der Waals surface area contributed by atoms with Crippen LogP contribution in [0.15, 0.2) is 51.7 Å². The van der Waals surface area contributed by atoms with E-state index in [2.05, 4.69) is 22.9 Å². The van der Waals surface area contributed by atoms with E-state index in [0.717, 1.165) is 31.7 Å². The Balaban J connectivity index is 1.54. The minimum atomic E-state index is -0.419. The number of aromatic nitrogens is 1. The molecule has 1 radical (unpaired) electrons. The summed E-state index contributed by atoms with van der Waals surface area (Å²) < 4.78 is 6.97. The van der Waals surface area contributed by atoms with Gasteiger partial charge in [-0.05, 0) is 42.9 Å². The summed E-state index contributed by atoms with van der Waals surface area (Å²) in [5.74, 6) is -0.368. The van der Waals surface area contributed by atoms with Gasteiger partial charge in [-0.15, -0.1) is 0 Å². The predicted molar refractivity (Wildman–Crippen MR) is 103 cm³/mol. The summed E-state index contributed by atoms with van der Waals surface area (Å²) in [7, 11) is 2.09. The zero-order valence-corrected chi connectivity index (χ0v) is 15.4. The third-order valence-corrected chi connectivity index (χ3v) is 5.07. The number of hydrogen-bond acceptors (Lipinski definition) is 5. The Labute approximate surface area is 157 Å². The number of rotatable bonds is 5. The van der Waals surface area contributed by atoms with Crippen molar-refractivity contribution in [2.75, 3.05) is 39.8 Å². The fraction of sp³-hybridized carbons (Fsp3) is 0.333. The predicted octanol–water partition coefficient (Wildman–Crippen LogP) is 1.87. The van der Waals surface area contributed by atoms with Crippen LogP contribution >= 0.6 is 0 Å².